The number of nitrogens with zero attached hydrogens (tertiary/aromatic N) is 1. The van der Waals surface area contributed by atoms with E-state index in [2.05, 4.69) is 10.1 Å². The molecule has 1 aliphatic rings. The van der Waals surface area contributed by atoms with Gasteiger partial charge in [-0.15, -0.1) is 12.4 Å². The van der Waals surface area contributed by atoms with Gasteiger partial charge >= 0.3 is 6.61 Å². The van der Waals surface area contributed by atoms with Gasteiger partial charge in [0.05, 0.1) is 0 Å². The molecule has 7 heteroatoms. The first-order valence-electron chi connectivity index (χ1n) is 7.10. The molecule has 1 atom stereocenters. The first-order chi connectivity index (χ1) is 10.1. The van der Waals surface area contributed by atoms with Crippen molar-refractivity contribution in [2.75, 3.05) is 19.6 Å². The van der Waals surface area contributed by atoms with E-state index in [9.17, 15) is 13.6 Å². The number of ether oxygens (including phenoxy) is 1. The smallest absolute Gasteiger partial charge is 0.387 e. The second-order valence-corrected chi connectivity index (χ2v) is 5.16. The molecule has 0 spiro atoms. The van der Waals surface area contributed by atoms with Gasteiger partial charge in [-0.3, -0.25) is 4.79 Å². The van der Waals surface area contributed by atoms with Crippen LogP contribution in [0.3, 0.4) is 0 Å². The SMILES string of the molecule is C[C@@H]1CNCCN1C(=O)CCc1ccc(OC(F)F)cc1.Cl. The van der Waals surface area contributed by atoms with Crippen molar-refractivity contribution in [1.82, 2.24) is 10.2 Å². The maximum absolute atomic E-state index is 12.2. The van der Waals surface area contributed by atoms with Crippen molar-refractivity contribution in [1.29, 1.82) is 0 Å². The number of piperazine rings is 1. The average Bonchev–Trinajstić information content (AvgIpc) is 2.46. The maximum Gasteiger partial charge on any atom is 0.387 e. The molecule has 1 aromatic rings. The summed E-state index contributed by atoms with van der Waals surface area (Å²) < 4.78 is 28.4. The van der Waals surface area contributed by atoms with E-state index in [1.165, 1.54) is 12.1 Å². The van der Waals surface area contributed by atoms with Crippen molar-refractivity contribution >= 4 is 18.3 Å². The summed E-state index contributed by atoms with van der Waals surface area (Å²) in [6, 6.07) is 6.64. The number of amides is 1. The van der Waals surface area contributed by atoms with E-state index in [0.717, 1.165) is 25.2 Å². The molecule has 4 nitrogen and oxygen atoms in total. The molecule has 0 unspecified atom stereocenters. The number of hydrogen-bond donors (Lipinski definition) is 1. The first-order valence-corrected chi connectivity index (χ1v) is 7.10. The fraction of sp³-hybridized carbons (Fsp3) is 0.533. The van der Waals surface area contributed by atoms with Crippen molar-refractivity contribution in [2.45, 2.75) is 32.4 Å². The minimum absolute atomic E-state index is 0. The zero-order chi connectivity index (χ0) is 15.2. The summed E-state index contributed by atoms with van der Waals surface area (Å²) in [5, 5.41) is 3.25. The molecule has 0 bridgehead atoms. The monoisotopic (exact) mass is 334 g/mol. The van der Waals surface area contributed by atoms with E-state index in [4.69, 9.17) is 0 Å². The van der Waals surface area contributed by atoms with Crippen LogP contribution in [-0.2, 0) is 11.2 Å². The Hall–Kier alpha value is -1.40. The number of alkyl halides is 2. The third-order valence-electron chi connectivity index (χ3n) is 3.60. The Balaban J connectivity index is 0.00000242. The first kappa shape index (κ1) is 18.6. The van der Waals surface area contributed by atoms with Crippen molar-refractivity contribution < 1.29 is 18.3 Å². The molecular formula is C15H21ClF2N2O2. The van der Waals surface area contributed by atoms with Gasteiger partial charge in [-0.1, -0.05) is 12.1 Å². The van der Waals surface area contributed by atoms with E-state index >= 15 is 0 Å². The van der Waals surface area contributed by atoms with Crippen LogP contribution in [0, 0.1) is 0 Å². The number of nitrogens with one attached hydrogen (secondary N) is 1. The van der Waals surface area contributed by atoms with Crippen LogP contribution in [0.5, 0.6) is 5.75 Å². The predicted octanol–water partition coefficient (Wildman–Crippen LogP) is 2.46. The molecule has 0 saturated carbocycles. The van der Waals surface area contributed by atoms with Crippen LogP contribution in [0.1, 0.15) is 18.9 Å². The summed E-state index contributed by atoms with van der Waals surface area (Å²) in [5.41, 5.74) is 0.938. The topological polar surface area (TPSA) is 41.6 Å². The van der Waals surface area contributed by atoms with E-state index in [1.54, 1.807) is 12.1 Å². The Labute approximate surface area is 135 Å². The summed E-state index contributed by atoms with van der Waals surface area (Å²) in [7, 11) is 0. The fourth-order valence-corrected chi connectivity index (χ4v) is 2.44. The molecule has 124 valence electrons. The molecular weight excluding hydrogens is 314 g/mol. The zero-order valence-corrected chi connectivity index (χ0v) is 13.2. The highest BCUT2D eigenvalue weighted by molar-refractivity contribution is 5.85. The third-order valence-corrected chi connectivity index (χ3v) is 3.60. The van der Waals surface area contributed by atoms with Gasteiger partial charge in [0.25, 0.3) is 0 Å². The van der Waals surface area contributed by atoms with Gasteiger partial charge in [0.2, 0.25) is 5.91 Å². The number of halogens is 3. The van der Waals surface area contributed by atoms with Crippen LogP contribution in [0.4, 0.5) is 8.78 Å². The lowest BCUT2D eigenvalue weighted by molar-refractivity contribution is -0.133. The lowest BCUT2D eigenvalue weighted by Crippen LogP contribution is -2.52. The number of hydrogen-bond acceptors (Lipinski definition) is 3. The standard InChI is InChI=1S/C15H20F2N2O2.ClH/c1-11-10-18-8-9-19(11)14(20)7-4-12-2-5-13(6-3-12)21-15(16)17;/h2-3,5-6,11,15,18H,4,7-10H2,1H3;1H/t11-;/m1./s1. The average molecular weight is 335 g/mol. The molecule has 0 aromatic heterocycles. The number of carbonyl (C=O) groups is 1. The van der Waals surface area contributed by atoms with Gasteiger partial charge in [0, 0.05) is 32.1 Å². The molecule has 1 N–H and O–H groups in total. The normalized spacial score (nSPS) is 18.0. The summed E-state index contributed by atoms with van der Waals surface area (Å²) >= 11 is 0. The van der Waals surface area contributed by atoms with Crippen LogP contribution >= 0.6 is 12.4 Å². The highest BCUT2D eigenvalue weighted by atomic mass is 35.5. The Morgan fingerprint density at radius 1 is 1.41 bits per heavy atom. The lowest BCUT2D eigenvalue weighted by Gasteiger charge is -2.34. The van der Waals surface area contributed by atoms with E-state index in [-0.39, 0.29) is 30.1 Å². The van der Waals surface area contributed by atoms with Crippen LogP contribution in [0.25, 0.3) is 0 Å². The van der Waals surface area contributed by atoms with Gasteiger partial charge in [-0.2, -0.15) is 8.78 Å². The highest BCUT2D eigenvalue weighted by Crippen LogP contribution is 2.16. The van der Waals surface area contributed by atoms with Crippen LogP contribution in [0.15, 0.2) is 24.3 Å². The zero-order valence-electron chi connectivity index (χ0n) is 12.4. The van der Waals surface area contributed by atoms with Gasteiger partial charge in [0.1, 0.15) is 5.75 Å². The molecule has 1 saturated heterocycles. The second-order valence-electron chi connectivity index (χ2n) is 5.16. The van der Waals surface area contributed by atoms with E-state index in [0.29, 0.717) is 12.8 Å². The van der Waals surface area contributed by atoms with Crippen LogP contribution < -0.4 is 10.1 Å². The molecule has 1 fully saturated rings. The summed E-state index contributed by atoms with van der Waals surface area (Å²) in [6.45, 7) is 1.61. The Morgan fingerprint density at radius 3 is 2.68 bits per heavy atom. The van der Waals surface area contributed by atoms with Crippen molar-refractivity contribution in [3.8, 4) is 5.75 Å². The van der Waals surface area contributed by atoms with E-state index < -0.39 is 6.61 Å². The minimum atomic E-state index is -2.81. The number of aryl methyl sites for hydroxylation is 1. The van der Waals surface area contributed by atoms with Gasteiger partial charge in [-0.05, 0) is 31.0 Å². The van der Waals surface area contributed by atoms with Crippen molar-refractivity contribution in [3.05, 3.63) is 29.8 Å². The summed E-state index contributed by atoms with van der Waals surface area (Å²) in [5.74, 6) is 0.271. The fourth-order valence-electron chi connectivity index (χ4n) is 2.44. The Morgan fingerprint density at radius 2 is 2.09 bits per heavy atom. The molecule has 0 radical (unpaired) electrons. The van der Waals surface area contributed by atoms with Gasteiger partial charge < -0.3 is 15.0 Å². The van der Waals surface area contributed by atoms with Crippen molar-refractivity contribution in [2.24, 2.45) is 0 Å². The van der Waals surface area contributed by atoms with Crippen molar-refractivity contribution in [3.63, 3.8) is 0 Å². The summed E-state index contributed by atoms with van der Waals surface area (Å²) in [4.78, 5) is 14.1. The Bertz CT molecular complexity index is 471. The van der Waals surface area contributed by atoms with Crippen LogP contribution in [-0.4, -0.2) is 43.1 Å². The number of benzene rings is 1. The highest BCUT2D eigenvalue weighted by Gasteiger charge is 2.22. The largest absolute Gasteiger partial charge is 0.435 e. The quantitative estimate of drug-likeness (QED) is 0.899. The molecule has 1 aromatic carbocycles. The molecule has 1 aliphatic heterocycles. The maximum atomic E-state index is 12.2. The minimum Gasteiger partial charge on any atom is -0.435 e. The molecule has 2 rings (SSSR count). The van der Waals surface area contributed by atoms with Gasteiger partial charge in [0.15, 0.2) is 0 Å². The number of rotatable bonds is 5. The number of carbonyl (C=O) groups excluding carboxylic acids is 1. The van der Waals surface area contributed by atoms with E-state index in [1.807, 2.05) is 11.8 Å². The van der Waals surface area contributed by atoms with Gasteiger partial charge in [-0.25, -0.2) is 0 Å². The van der Waals surface area contributed by atoms with Crippen LogP contribution in [0.2, 0.25) is 0 Å². The lowest BCUT2D eigenvalue weighted by atomic mass is 10.1. The predicted molar refractivity (Wildman–Crippen MR) is 82.7 cm³/mol. The summed E-state index contributed by atoms with van der Waals surface area (Å²) in [6.07, 6.45) is 1.03. The Kier molecular flexibility index (Phi) is 7.55. The molecule has 1 amide bonds. The third kappa shape index (κ3) is 5.42. The molecule has 0 aliphatic carbocycles. The molecule has 22 heavy (non-hydrogen) atoms. The molecule has 1 heterocycles. The second kappa shape index (κ2) is 8.90.